The molecule has 1 aliphatic rings. The van der Waals surface area contributed by atoms with Gasteiger partial charge in [0.05, 0.1) is 17.8 Å². The van der Waals surface area contributed by atoms with Crippen LogP contribution in [0.15, 0.2) is 48.7 Å². The number of hydrogen-bond donors (Lipinski definition) is 2. The molecule has 0 amide bonds. The van der Waals surface area contributed by atoms with Gasteiger partial charge in [0.1, 0.15) is 5.82 Å². The fourth-order valence-electron chi connectivity index (χ4n) is 3.78. The second kappa shape index (κ2) is 6.78. The van der Waals surface area contributed by atoms with Gasteiger partial charge in [-0.1, -0.05) is 6.07 Å². The van der Waals surface area contributed by atoms with Gasteiger partial charge < -0.3 is 15.2 Å². The summed E-state index contributed by atoms with van der Waals surface area (Å²) in [6.07, 6.45) is 1.79. The van der Waals surface area contributed by atoms with Crippen LogP contribution in [0.4, 0.5) is 10.1 Å². The average Bonchev–Trinajstić information content (AvgIpc) is 3.16. The van der Waals surface area contributed by atoms with E-state index in [4.69, 9.17) is 12.2 Å². The third kappa shape index (κ3) is 3.10. The molecule has 2 atom stereocenters. The number of anilines is 1. The Kier molecular flexibility index (Phi) is 4.44. The highest BCUT2D eigenvalue weighted by atomic mass is 32.1. The molecule has 0 radical (unpaired) electrons. The van der Waals surface area contributed by atoms with E-state index in [2.05, 4.69) is 33.2 Å². The summed E-state index contributed by atoms with van der Waals surface area (Å²) in [5, 5.41) is 4.04. The van der Waals surface area contributed by atoms with Gasteiger partial charge >= 0.3 is 0 Å². The largest absolute Gasteiger partial charge is 0.362 e. The lowest BCUT2D eigenvalue weighted by molar-refractivity contribution is 0.565. The maximum atomic E-state index is 13.8. The van der Waals surface area contributed by atoms with Gasteiger partial charge in [0.2, 0.25) is 0 Å². The molecule has 4 rings (SSSR count). The number of thiocarbonyl (C=S) groups is 1. The molecular formula is C21H21FN4S. The first-order valence-corrected chi connectivity index (χ1v) is 9.29. The van der Waals surface area contributed by atoms with E-state index in [1.807, 2.05) is 31.2 Å². The molecule has 3 heterocycles. The van der Waals surface area contributed by atoms with Crippen molar-refractivity contribution in [2.45, 2.75) is 32.9 Å². The van der Waals surface area contributed by atoms with Crippen molar-refractivity contribution in [2.75, 3.05) is 4.90 Å². The van der Waals surface area contributed by atoms with Crippen LogP contribution in [0.2, 0.25) is 0 Å². The molecule has 1 aliphatic heterocycles. The van der Waals surface area contributed by atoms with Crippen LogP contribution in [-0.2, 0) is 0 Å². The average molecular weight is 380 g/mol. The Hall–Kier alpha value is -2.73. The normalized spacial score (nSPS) is 19.4. The number of hydrogen-bond acceptors (Lipinski definition) is 2. The van der Waals surface area contributed by atoms with Gasteiger partial charge in [0, 0.05) is 23.3 Å². The number of aryl methyl sites for hydroxylation is 3. The molecule has 6 heteroatoms. The first-order chi connectivity index (χ1) is 13.0. The van der Waals surface area contributed by atoms with Crippen molar-refractivity contribution in [2.24, 2.45) is 0 Å². The molecule has 27 heavy (non-hydrogen) atoms. The zero-order valence-corrected chi connectivity index (χ0v) is 16.3. The van der Waals surface area contributed by atoms with Crippen LogP contribution in [-0.4, -0.2) is 15.1 Å². The summed E-state index contributed by atoms with van der Waals surface area (Å²) in [7, 11) is 0. The number of pyridine rings is 1. The summed E-state index contributed by atoms with van der Waals surface area (Å²) >= 11 is 5.69. The van der Waals surface area contributed by atoms with Crippen molar-refractivity contribution in [3.8, 4) is 0 Å². The van der Waals surface area contributed by atoms with Crippen molar-refractivity contribution in [1.82, 2.24) is 15.3 Å². The fraction of sp³-hybridized carbons (Fsp3) is 0.238. The second-order valence-corrected chi connectivity index (χ2v) is 7.35. The van der Waals surface area contributed by atoms with E-state index >= 15 is 0 Å². The molecule has 4 nitrogen and oxygen atoms in total. The van der Waals surface area contributed by atoms with Gasteiger partial charge in [-0.3, -0.25) is 4.98 Å². The highest BCUT2D eigenvalue weighted by molar-refractivity contribution is 7.80. The van der Waals surface area contributed by atoms with Gasteiger partial charge in [0.25, 0.3) is 0 Å². The Balaban J connectivity index is 1.87. The molecule has 0 saturated carbocycles. The maximum Gasteiger partial charge on any atom is 0.174 e. The minimum atomic E-state index is -0.219. The number of aromatic amines is 1. The molecule has 0 aliphatic carbocycles. The van der Waals surface area contributed by atoms with Gasteiger partial charge in [-0.2, -0.15) is 0 Å². The topological polar surface area (TPSA) is 44.0 Å². The lowest BCUT2D eigenvalue weighted by Gasteiger charge is -2.28. The summed E-state index contributed by atoms with van der Waals surface area (Å²) in [6.45, 7) is 5.87. The van der Waals surface area contributed by atoms with Crippen molar-refractivity contribution in [3.63, 3.8) is 0 Å². The van der Waals surface area contributed by atoms with Crippen molar-refractivity contribution < 1.29 is 4.39 Å². The first kappa shape index (κ1) is 17.7. The van der Waals surface area contributed by atoms with E-state index < -0.39 is 0 Å². The van der Waals surface area contributed by atoms with E-state index in [0.29, 0.717) is 10.7 Å². The van der Waals surface area contributed by atoms with Crippen LogP contribution in [0.25, 0.3) is 0 Å². The number of aromatic nitrogens is 2. The SMILES string of the molecule is Cc1cc([C@H]2[C@@H](c3ccccn3)NC(=S)N2c2ccc(F)c(C)c2)c(C)[nH]1. The summed E-state index contributed by atoms with van der Waals surface area (Å²) in [4.78, 5) is 10.0. The molecule has 2 N–H and O–H groups in total. The monoisotopic (exact) mass is 380 g/mol. The number of rotatable bonds is 3. The smallest absolute Gasteiger partial charge is 0.174 e. The number of nitrogens with one attached hydrogen (secondary N) is 2. The molecule has 3 aromatic rings. The van der Waals surface area contributed by atoms with Gasteiger partial charge in [-0.15, -0.1) is 0 Å². The first-order valence-electron chi connectivity index (χ1n) is 8.88. The third-order valence-corrected chi connectivity index (χ3v) is 5.34. The van der Waals surface area contributed by atoms with Crippen LogP contribution >= 0.6 is 12.2 Å². The van der Waals surface area contributed by atoms with Crippen molar-refractivity contribution >= 4 is 23.0 Å². The maximum absolute atomic E-state index is 13.8. The van der Waals surface area contributed by atoms with Crippen LogP contribution in [0, 0.1) is 26.6 Å². The highest BCUT2D eigenvalue weighted by Gasteiger charge is 2.41. The lowest BCUT2D eigenvalue weighted by Crippen LogP contribution is -2.29. The van der Waals surface area contributed by atoms with Crippen LogP contribution in [0.1, 0.15) is 40.3 Å². The Labute approximate surface area is 163 Å². The quantitative estimate of drug-likeness (QED) is 0.649. The molecule has 1 aromatic carbocycles. The van der Waals surface area contributed by atoms with Gasteiger partial charge in [-0.05, 0) is 80.5 Å². The Morgan fingerprint density at radius 1 is 1.11 bits per heavy atom. The fourth-order valence-corrected chi connectivity index (χ4v) is 4.13. The van der Waals surface area contributed by atoms with Crippen molar-refractivity contribution in [1.29, 1.82) is 0 Å². The summed E-state index contributed by atoms with van der Waals surface area (Å²) < 4.78 is 13.8. The molecule has 138 valence electrons. The minimum absolute atomic E-state index is 0.0813. The molecule has 1 saturated heterocycles. The van der Waals surface area contributed by atoms with E-state index in [1.54, 1.807) is 19.2 Å². The zero-order valence-electron chi connectivity index (χ0n) is 15.5. The van der Waals surface area contributed by atoms with Crippen LogP contribution in [0.5, 0.6) is 0 Å². The van der Waals surface area contributed by atoms with E-state index in [9.17, 15) is 4.39 Å². The Bertz CT molecular complexity index is 999. The number of nitrogens with zero attached hydrogens (tertiary/aromatic N) is 2. The van der Waals surface area contributed by atoms with Gasteiger partial charge in [0.15, 0.2) is 5.11 Å². The summed E-state index contributed by atoms with van der Waals surface area (Å²) in [5.41, 5.74) is 5.72. The lowest BCUT2D eigenvalue weighted by atomic mass is 9.96. The van der Waals surface area contributed by atoms with E-state index in [-0.39, 0.29) is 17.9 Å². The highest BCUT2D eigenvalue weighted by Crippen LogP contribution is 2.42. The number of halogens is 1. The van der Waals surface area contributed by atoms with E-state index in [1.165, 1.54) is 6.07 Å². The molecular weight excluding hydrogens is 359 g/mol. The van der Waals surface area contributed by atoms with Crippen molar-refractivity contribution in [3.05, 3.63) is 82.7 Å². The number of H-pyrrole nitrogens is 1. The Morgan fingerprint density at radius 2 is 1.93 bits per heavy atom. The summed E-state index contributed by atoms with van der Waals surface area (Å²) in [6, 6.07) is 13.0. The molecule has 2 aromatic heterocycles. The standard InChI is InChI=1S/C21H21FN4S/c1-12-10-15(7-8-17(12)22)26-20(16-11-13(2)24-14(16)3)19(25-21(26)27)18-6-4-5-9-23-18/h4-11,19-20,24H,1-3H3,(H,25,27)/t19-,20+/m1/s1. The number of benzene rings is 1. The molecule has 0 spiro atoms. The van der Waals surface area contributed by atoms with Crippen LogP contribution in [0.3, 0.4) is 0 Å². The molecule has 0 unspecified atom stereocenters. The minimum Gasteiger partial charge on any atom is -0.362 e. The van der Waals surface area contributed by atoms with Crippen LogP contribution < -0.4 is 10.2 Å². The predicted molar refractivity (Wildman–Crippen MR) is 109 cm³/mol. The molecule has 1 fully saturated rings. The zero-order chi connectivity index (χ0) is 19.1. The van der Waals surface area contributed by atoms with Gasteiger partial charge in [-0.25, -0.2) is 4.39 Å². The summed E-state index contributed by atoms with van der Waals surface area (Å²) in [5.74, 6) is -0.219. The third-order valence-electron chi connectivity index (χ3n) is 5.03. The Morgan fingerprint density at radius 3 is 2.56 bits per heavy atom. The van der Waals surface area contributed by atoms with E-state index in [0.717, 1.165) is 28.3 Å². The molecule has 0 bridgehead atoms. The predicted octanol–water partition coefficient (Wildman–Crippen LogP) is 4.65. The second-order valence-electron chi connectivity index (χ2n) is 6.96.